The molecule has 15 heavy (non-hydrogen) atoms. The highest BCUT2D eigenvalue weighted by Gasteiger charge is 2.18. The summed E-state index contributed by atoms with van der Waals surface area (Å²) in [5.74, 6) is -0.317. The number of aromatic hydroxyl groups is 1. The Labute approximate surface area is 92.0 Å². The number of carbonyl (C=O) groups excluding carboxylic acids is 1. The first-order valence-electron chi connectivity index (χ1n) is 4.66. The van der Waals surface area contributed by atoms with Crippen LogP contribution in [0.4, 0.5) is 0 Å². The lowest BCUT2D eigenvalue weighted by molar-refractivity contribution is 0.0734. The fraction of sp³-hybridized carbons (Fsp3) is 0.364. The quantitative estimate of drug-likeness (QED) is 0.781. The van der Waals surface area contributed by atoms with E-state index in [9.17, 15) is 9.90 Å². The molecule has 0 unspecified atom stereocenters. The molecule has 80 valence electrons. The third-order valence-corrected chi connectivity index (χ3v) is 2.43. The van der Waals surface area contributed by atoms with Crippen LogP contribution >= 0.6 is 0 Å². The predicted molar refractivity (Wildman–Crippen MR) is 59.0 cm³/mol. The van der Waals surface area contributed by atoms with Gasteiger partial charge in [-0.25, -0.2) is 4.79 Å². The molecule has 0 aliphatic rings. The van der Waals surface area contributed by atoms with Gasteiger partial charge in [0.2, 0.25) is 0 Å². The molecule has 0 aliphatic carbocycles. The number of phenols is 1. The van der Waals surface area contributed by atoms with Gasteiger partial charge < -0.3 is 9.53 Å². The van der Waals surface area contributed by atoms with E-state index in [1.165, 1.54) is 12.1 Å². The zero-order valence-corrected chi connectivity index (χ0v) is 10.1. The van der Waals surface area contributed by atoms with Crippen molar-refractivity contribution in [1.29, 1.82) is 0 Å². The van der Waals surface area contributed by atoms with Gasteiger partial charge in [0.1, 0.15) is 5.75 Å². The monoisotopic (exact) mass is 222 g/mol. The third kappa shape index (κ3) is 4.16. The standard InChI is InChI=1S/C11H14O3Si/c1-11(2,3)15-14-10(13)8-5-4-6-9(12)7-8/h4-7,12H,1-3H3. The van der Waals surface area contributed by atoms with Gasteiger partial charge in [-0.1, -0.05) is 26.8 Å². The van der Waals surface area contributed by atoms with Crippen molar-refractivity contribution < 1.29 is 14.3 Å². The number of benzene rings is 1. The van der Waals surface area contributed by atoms with Gasteiger partial charge in [0.15, 0.2) is 0 Å². The zero-order valence-electron chi connectivity index (χ0n) is 9.07. The largest absolute Gasteiger partial charge is 0.512 e. The first kappa shape index (κ1) is 11.8. The lowest BCUT2D eigenvalue weighted by Crippen LogP contribution is -2.17. The first-order chi connectivity index (χ1) is 6.88. The Kier molecular flexibility index (Phi) is 3.52. The van der Waals surface area contributed by atoms with Crippen molar-refractivity contribution in [1.82, 2.24) is 0 Å². The second-order valence-electron chi connectivity index (χ2n) is 4.29. The lowest BCUT2D eigenvalue weighted by atomic mass is 10.2. The fourth-order valence-corrected chi connectivity index (χ4v) is 1.41. The maximum Gasteiger partial charge on any atom is 0.324 e. The highest BCUT2D eigenvalue weighted by molar-refractivity contribution is 6.35. The molecule has 1 N–H and O–H groups in total. The van der Waals surface area contributed by atoms with Crippen LogP contribution in [0.3, 0.4) is 0 Å². The summed E-state index contributed by atoms with van der Waals surface area (Å²) in [7, 11) is 0.113. The Morgan fingerprint density at radius 3 is 2.60 bits per heavy atom. The highest BCUT2D eigenvalue weighted by atomic mass is 28.2. The van der Waals surface area contributed by atoms with Gasteiger partial charge in [0.05, 0.1) is 5.56 Å². The number of hydrogen-bond acceptors (Lipinski definition) is 3. The summed E-state index contributed by atoms with van der Waals surface area (Å²) in [6.45, 7) is 6.00. The molecule has 0 amide bonds. The van der Waals surface area contributed by atoms with Crippen LogP contribution in [0.2, 0.25) is 5.04 Å². The minimum atomic E-state index is -0.390. The van der Waals surface area contributed by atoms with Crippen LogP contribution in [0.25, 0.3) is 0 Å². The molecule has 0 aliphatic heterocycles. The van der Waals surface area contributed by atoms with Gasteiger partial charge in [-0.05, 0) is 23.2 Å². The molecule has 1 rings (SSSR count). The van der Waals surface area contributed by atoms with Gasteiger partial charge in [0.25, 0.3) is 0 Å². The second-order valence-corrected chi connectivity index (χ2v) is 6.20. The lowest BCUT2D eigenvalue weighted by Gasteiger charge is -2.15. The summed E-state index contributed by atoms with van der Waals surface area (Å²) in [4.78, 5) is 11.5. The molecule has 4 heteroatoms. The van der Waals surface area contributed by atoms with Crippen molar-refractivity contribution in [2.75, 3.05) is 0 Å². The average Bonchev–Trinajstić information content (AvgIpc) is 2.13. The molecule has 1 aromatic rings. The summed E-state index contributed by atoms with van der Waals surface area (Å²) in [6, 6.07) is 6.15. The molecular formula is C11H14O3Si. The normalized spacial score (nSPS) is 11.1. The number of carbonyl (C=O) groups is 1. The van der Waals surface area contributed by atoms with Crippen LogP contribution < -0.4 is 0 Å². The van der Waals surface area contributed by atoms with Gasteiger partial charge in [0, 0.05) is 0 Å². The van der Waals surface area contributed by atoms with Crippen molar-refractivity contribution in [3.63, 3.8) is 0 Å². The Morgan fingerprint density at radius 2 is 2.07 bits per heavy atom. The summed E-state index contributed by atoms with van der Waals surface area (Å²) in [5.41, 5.74) is 0.381. The molecule has 0 spiro atoms. The predicted octanol–water partition coefficient (Wildman–Crippen LogP) is 2.39. The van der Waals surface area contributed by atoms with Crippen LogP contribution in [0, 0.1) is 0 Å². The summed E-state index contributed by atoms with van der Waals surface area (Å²) >= 11 is 0. The summed E-state index contributed by atoms with van der Waals surface area (Å²) in [5, 5.41) is 9.16. The molecule has 0 atom stereocenters. The topological polar surface area (TPSA) is 46.5 Å². The van der Waals surface area contributed by atoms with Crippen molar-refractivity contribution >= 4 is 15.7 Å². The van der Waals surface area contributed by atoms with Crippen LogP contribution in [0.15, 0.2) is 24.3 Å². The van der Waals surface area contributed by atoms with Crippen molar-refractivity contribution in [3.8, 4) is 5.75 Å². The molecule has 0 fully saturated rings. The van der Waals surface area contributed by atoms with Gasteiger partial charge in [-0.15, -0.1) is 0 Å². The number of hydrogen-bond donors (Lipinski definition) is 1. The molecule has 3 nitrogen and oxygen atoms in total. The van der Waals surface area contributed by atoms with E-state index in [0.29, 0.717) is 5.56 Å². The maximum atomic E-state index is 11.5. The molecule has 0 saturated heterocycles. The van der Waals surface area contributed by atoms with E-state index in [4.69, 9.17) is 4.43 Å². The van der Waals surface area contributed by atoms with Crippen LogP contribution in [-0.2, 0) is 4.43 Å². The molecule has 0 saturated carbocycles. The fourth-order valence-electron chi connectivity index (χ4n) is 0.891. The molecule has 0 heterocycles. The Morgan fingerprint density at radius 1 is 1.40 bits per heavy atom. The van der Waals surface area contributed by atoms with E-state index in [1.807, 2.05) is 20.8 Å². The van der Waals surface area contributed by atoms with E-state index in [2.05, 4.69) is 0 Å². The molecular weight excluding hydrogens is 208 g/mol. The molecule has 2 radical (unpaired) electrons. The summed E-state index contributed by atoms with van der Waals surface area (Å²) < 4.78 is 5.13. The van der Waals surface area contributed by atoms with E-state index < -0.39 is 0 Å². The van der Waals surface area contributed by atoms with E-state index in [1.54, 1.807) is 12.1 Å². The number of phenolic OH excluding ortho intramolecular Hbond substituents is 1. The molecule has 0 bridgehead atoms. The highest BCUT2D eigenvalue weighted by Crippen LogP contribution is 2.21. The van der Waals surface area contributed by atoms with Crippen LogP contribution in [0.1, 0.15) is 31.1 Å². The van der Waals surface area contributed by atoms with Crippen molar-refractivity contribution in [2.24, 2.45) is 0 Å². The Bertz CT molecular complexity index is 355. The second kappa shape index (κ2) is 4.48. The van der Waals surface area contributed by atoms with E-state index >= 15 is 0 Å². The zero-order chi connectivity index (χ0) is 11.5. The molecule has 1 aromatic carbocycles. The van der Waals surface area contributed by atoms with Gasteiger partial charge in [-0.3, -0.25) is 0 Å². The SMILES string of the molecule is CC(C)(C)[Si]OC(=O)c1cccc(O)c1. The molecule has 0 aromatic heterocycles. The number of rotatable bonds is 2. The van der Waals surface area contributed by atoms with Gasteiger partial charge >= 0.3 is 15.7 Å². The average molecular weight is 222 g/mol. The van der Waals surface area contributed by atoms with Crippen LogP contribution in [-0.4, -0.2) is 20.8 Å². The van der Waals surface area contributed by atoms with Crippen LogP contribution in [0.5, 0.6) is 5.75 Å². The first-order valence-corrected chi connectivity index (χ1v) is 5.57. The maximum absolute atomic E-state index is 11.5. The van der Waals surface area contributed by atoms with E-state index in [-0.39, 0.29) is 26.5 Å². The van der Waals surface area contributed by atoms with Crippen molar-refractivity contribution in [2.45, 2.75) is 25.8 Å². The van der Waals surface area contributed by atoms with Crippen molar-refractivity contribution in [3.05, 3.63) is 29.8 Å². The Balaban J connectivity index is 2.62. The Hall–Kier alpha value is -1.29. The summed E-state index contributed by atoms with van der Waals surface area (Å²) in [6.07, 6.45) is 0. The smallest absolute Gasteiger partial charge is 0.324 e. The van der Waals surface area contributed by atoms with E-state index in [0.717, 1.165) is 0 Å². The minimum absolute atomic E-state index is 0.0213. The minimum Gasteiger partial charge on any atom is -0.512 e. The third-order valence-electron chi connectivity index (χ3n) is 1.53. The van der Waals surface area contributed by atoms with Gasteiger partial charge in [-0.2, -0.15) is 0 Å².